The zero-order valence-corrected chi connectivity index (χ0v) is 18.0. The lowest BCUT2D eigenvalue weighted by Crippen LogP contribution is -2.33. The summed E-state index contributed by atoms with van der Waals surface area (Å²) in [6.07, 6.45) is 2.01. The molecule has 0 aliphatic heterocycles. The van der Waals surface area contributed by atoms with Crippen molar-refractivity contribution in [3.8, 4) is 5.75 Å². The van der Waals surface area contributed by atoms with Crippen molar-refractivity contribution in [2.45, 2.75) is 25.4 Å². The summed E-state index contributed by atoms with van der Waals surface area (Å²) in [5.41, 5.74) is 3.31. The molecule has 1 saturated carbocycles. The monoisotopic (exact) mass is 411 g/mol. The van der Waals surface area contributed by atoms with Crippen LogP contribution in [0.25, 0.3) is 0 Å². The number of nitrogens with zero attached hydrogens (tertiary/aromatic N) is 2. The van der Waals surface area contributed by atoms with E-state index in [0.717, 1.165) is 29.8 Å². The molecule has 160 valence electrons. The molecule has 0 aromatic heterocycles. The van der Waals surface area contributed by atoms with E-state index < -0.39 is 0 Å². The van der Waals surface area contributed by atoms with Crippen molar-refractivity contribution >= 4 is 23.2 Å². The van der Waals surface area contributed by atoms with Crippen molar-refractivity contribution in [3.05, 3.63) is 53.6 Å². The van der Waals surface area contributed by atoms with Gasteiger partial charge in [0.1, 0.15) is 12.4 Å². The van der Waals surface area contributed by atoms with Crippen molar-refractivity contribution in [3.63, 3.8) is 0 Å². The average molecular weight is 412 g/mol. The lowest BCUT2D eigenvalue weighted by Gasteiger charge is -2.26. The van der Waals surface area contributed by atoms with Crippen LogP contribution in [-0.2, 0) is 16.1 Å². The Morgan fingerprint density at radius 3 is 2.33 bits per heavy atom. The molecule has 30 heavy (non-hydrogen) atoms. The Labute approximate surface area is 177 Å². The van der Waals surface area contributed by atoms with E-state index in [1.165, 1.54) is 7.11 Å². The van der Waals surface area contributed by atoms with E-state index in [0.29, 0.717) is 17.8 Å². The minimum atomic E-state index is -0.214. The predicted molar refractivity (Wildman–Crippen MR) is 117 cm³/mol. The molecule has 1 N–H and O–H groups in total. The number of rotatable bonds is 9. The molecule has 0 atom stereocenters. The smallest absolute Gasteiger partial charge is 0.254 e. The zero-order chi connectivity index (χ0) is 21.7. The highest BCUT2D eigenvalue weighted by atomic mass is 16.5. The van der Waals surface area contributed by atoms with Crippen molar-refractivity contribution in [2.24, 2.45) is 0 Å². The molecule has 0 radical (unpaired) electrons. The molecule has 2 aromatic rings. The number of ether oxygens (including phenoxy) is 2. The molecular weight excluding hydrogens is 382 g/mol. The van der Waals surface area contributed by atoms with E-state index in [-0.39, 0.29) is 24.5 Å². The van der Waals surface area contributed by atoms with Crippen LogP contribution in [-0.4, -0.2) is 57.7 Å². The van der Waals surface area contributed by atoms with Crippen LogP contribution in [0.4, 0.5) is 11.4 Å². The summed E-state index contributed by atoms with van der Waals surface area (Å²) in [5.74, 6) is 0.506. The van der Waals surface area contributed by atoms with Crippen LogP contribution in [0.1, 0.15) is 28.8 Å². The second-order valence-electron chi connectivity index (χ2n) is 7.61. The van der Waals surface area contributed by atoms with Gasteiger partial charge >= 0.3 is 0 Å². The Balaban J connectivity index is 1.86. The first-order valence-corrected chi connectivity index (χ1v) is 9.97. The molecule has 1 fully saturated rings. The summed E-state index contributed by atoms with van der Waals surface area (Å²) in [6.45, 7) is 0.464. The van der Waals surface area contributed by atoms with Crippen LogP contribution in [0, 0.1) is 0 Å². The van der Waals surface area contributed by atoms with E-state index in [9.17, 15) is 9.59 Å². The van der Waals surface area contributed by atoms with Gasteiger partial charge in [0.15, 0.2) is 0 Å². The van der Waals surface area contributed by atoms with Gasteiger partial charge in [-0.2, -0.15) is 0 Å². The molecule has 0 unspecified atom stereocenters. The van der Waals surface area contributed by atoms with E-state index in [1.807, 2.05) is 42.1 Å². The number of anilines is 2. The summed E-state index contributed by atoms with van der Waals surface area (Å²) in [5, 5.41) is 2.84. The maximum absolute atomic E-state index is 13.2. The largest absolute Gasteiger partial charge is 0.497 e. The molecule has 1 aliphatic carbocycles. The summed E-state index contributed by atoms with van der Waals surface area (Å²) in [6, 6.07) is 13.2. The number of carbonyl (C=O) groups excluding carboxylic acids is 2. The van der Waals surface area contributed by atoms with Gasteiger partial charge < -0.3 is 24.6 Å². The third-order valence-electron chi connectivity index (χ3n) is 5.05. The van der Waals surface area contributed by atoms with Crippen LogP contribution in [0.2, 0.25) is 0 Å². The Morgan fingerprint density at radius 2 is 1.77 bits per heavy atom. The summed E-state index contributed by atoms with van der Waals surface area (Å²) in [7, 11) is 7.02. The Morgan fingerprint density at radius 1 is 1.07 bits per heavy atom. The summed E-state index contributed by atoms with van der Waals surface area (Å²) < 4.78 is 10.1. The quantitative estimate of drug-likeness (QED) is 0.686. The normalized spacial score (nSPS) is 12.9. The van der Waals surface area contributed by atoms with E-state index in [4.69, 9.17) is 9.47 Å². The van der Waals surface area contributed by atoms with Gasteiger partial charge in [0.2, 0.25) is 5.91 Å². The molecule has 2 aromatic carbocycles. The summed E-state index contributed by atoms with van der Waals surface area (Å²) in [4.78, 5) is 29.1. The number of amides is 2. The van der Waals surface area contributed by atoms with Gasteiger partial charge in [-0.3, -0.25) is 9.59 Å². The van der Waals surface area contributed by atoms with Crippen LogP contribution in [0.5, 0.6) is 5.75 Å². The van der Waals surface area contributed by atoms with E-state index >= 15 is 0 Å². The van der Waals surface area contributed by atoms with Crippen molar-refractivity contribution in [2.75, 3.05) is 45.1 Å². The maximum Gasteiger partial charge on any atom is 0.254 e. The minimum Gasteiger partial charge on any atom is -0.497 e. The second kappa shape index (κ2) is 9.63. The molecule has 7 nitrogen and oxygen atoms in total. The fourth-order valence-corrected chi connectivity index (χ4v) is 3.39. The van der Waals surface area contributed by atoms with Crippen molar-refractivity contribution < 1.29 is 19.1 Å². The van der Waals surface area contributed by atoms with Crippen LogP contribution in [0.3, 0.4) is 0 Å². The van der Waals surface area contributed by atoms with E-state index in [2.05, 4.69) is 5.32 Å². The number of hydrogen-bond acceptors (Lipinski definition) is 5. The third kappa shape index (κ3) is 5.30. The Bertz CT molecular complexity index is 892. The highest BCUT2D eigenvalue weighted by molar-refractivity contribution is 5.95. The number of nitrogens with one attached hydrogen (secondary N) is 1. The van der Waals surface area contributed by atoms with Gasteiger partial charge in [0.05, 0.1) is 7.11 Å². The maximum atomic E-state index is 13.2. The fourth-order valence-electron chi connectivity index (χ4n) is 3.39. The lowest BCUT2D eigenvalue weighted by atomic mass is 10.1. The molecule has 0 saturated heterocycles. The van der Waals surface area contributed by atoms with Crippen LogP contribution in [0.15, 0.2) is 42.5 Å². The average Bonchev–Trinajstić information content (AvgIpc) is 3.57. The molecule has 7 heteroatoms. The summed E-state index contributed by atoms with van der Waals surface area (Å²) >= 11 is 0. The molecule has 0 heterocycles. The van der Waals surface area contributed by atoms with Crippen LogP contribution < -0.4 is 15.0 Å². The van der Waals surface area contributed by atoms with E-state index in [1.54, 1.807) is 31.4 Å². The molecule has 0 bridgehead atoms. The van der Waals surface area contributed by atoms with Gasteiger partial charge in [0.25, 0.3) is 5.91 Å². The standard InChI is InChI=1S/C23H29N3O4/c1-25(2)21-12-7-18(24-22(27)15-29-3)13-17(21)14-26(19-8-9-19)23(28)16-5-10-20(30-4)11-6-16/h5-7,10-13,19H,8-9,14-15H2,1-4H3,(H,24,27). The topological polar surface area (TPSA) is 71.1 Å². The second-order valence-corrected chi connectivity index (χ2v) is 7.61. The first-order valence-electron chi connectivity index (χ1n) is 9.97. The number of benzene rings is 2. The number of methoxy groups -OCH3 is 2. The van der Waals surface area contributed by atoms with Gasteiger partial charge in [0, 0.05) is 50.7 Å². The predicted octanol–water partition coefficient (Wildman–Crippen LogP) is 3.15. The van der Waals surface area contributed by atoms with Gasteiger partial charge in [-0.05, 0) is 60.9 Å². The first kappa shape index (κ1) is 21.6. The molecule has 1 aliphatic rings. The van der Waals surface area contributed by atoms with Gasteiger partial charge in [-0.25, -0.2) is 0 Å². The molecule has 0 spiro atoms. The molecule has 2 amide bonds. The highest BCUT2D eigenvalue weighted by Crippen LogP contribution is 2.33. The zero-order valence-electron chi connectivity index (χ0n) is 18.0. The molecule has 3 rings (SSSR count). The first-order chi connectivity index (χ1) is 14.4. The molecular formula is C23H29N3O4. The SMILES string of the molecule is COCC(=O)Nc1ccc(N(C)C)c(CN(C(=O)c2ccc(OC)cc2)C2CC2)c1. The van der Waals surface area contributed by atoms with Crippen molar-refractivity contribution in [1.29, 1.82) is 0 Å². The third-order valence-corrected chi connectivity index (χ3v) is 5.05. The fraction of sp³-hybridized carbons (Fsp3) is 0.391. The minimum absolute atomic E-state index is 0.00122. The van der Waals surface area contributed by atoms with Crippen LogP contribution >= 0.6 is 0 Å². The van der Waals surface area contributed by atoms with Gasteiger partial charge in [-0.1, -0.05) is 0 Å². The Hall–Kier alpha value is -3.06. The number of carbonyl (C=O) groups is 2. The Kier molecular flexibility index (Phi) is 6.95. The van der Waals surface area contributed by atoms with Gasteiger partial charge in [-0.15, -0.1) is 0 Å². The number of hydrogen-bond donors (Lipinski definition) is 1. The lowest BCUT2D eigenvalue weighted by molar-refractivity contribution is -0.119. The van der Waals surface area contributed by atoms with Crippen molar-refractivity contribution in [1.82, 2.24) is 4.90 Å². The highest BCUT2D eigenvalue weighted by Gasteiger charge is 2.33.